The van der Waals surface area contributed by atoms with Crippen LogP contribution in [-0.2, 0) is 14.3 Å². The van der Waals surface area contributed by atoms with Gasteiger partial charge in [0.1, 0.15) is 5.60 Å². The lowest BCUT2D eigenvalue weighted by Gasteiger charge is -2.32. The van der Waals surface area contributed by atoms with Crippen molar-refractivity contribution < 1.29 is 23.8 Å². The number of amides is 1. The molecule has 0 radical (unpaired) electrons. The van der Waals surface area contributed by atoms with Crippen molar-refractivity contribution in [1.29, 1.82) is 0 Å². The SMILES string of the molecule is COc1ccc(-c2[nH]c3ccc(C4CCN(C(=O)CCC(=O)OC(C)(C)C)CC4)cc3c2C(C)C)cc1OC. The monoisotopic (exact) mass is 534 g/mol. The Labute approximate surface area is 231 Å². The maximum atomic E-state index is 12.7. The number of ether oxygens (including phenoxy) is 3. The van der Waals surface area contributed by atoms with E-state index in [0.717, 1.165) is 29.6 Å². The number of nitrogens with zero attached hydrogens (tertiary/aromatic N) is 1. The summed E-state index contributed by atoms with van der Waals surface area (Å²) in [6.07, 6.45) is 2.15. The number of hydrogen-bond donors (Lipinski definition) is 1. The Morgan fingerprint density at radius 3 is 2.28 bits per heavy atom. The number of carbonyl (C=O) groups is 2. The highest BCUT2D eigenvalue weighted by atomic mass is 16.6. The van der Waals surface area contributed by atoms with Gasteiger partial charge in [-0.3, -0.25) is 9.59 Å². The number of H-pyrrole nitrogens is 1. The molecule has 1 fully saturated rings. The molecule has 210 valence electrons. The molecule has 39 heavy (non-hydrogen) atoms. The highest BCUT2D eigenvalue weighted by Crippen LogP contribution is 2.40. The van der Waals surface area contributed by atoms with Crippen LogP contribution in [0.2, 0.25) is 0 Å². The second kappa shape index (κ2) is 11.7. The van der Waals surface area contributed by atoms with Crippen LogP contribution in [0.15, 0.2) is 36.4 Å². The van der Waals surface area contributed by atoms with Crippen LogP contribution < -0.4 is 9.47 Å². The lowest BCUT2D eigenvalue weighted by Crippen LogP contribution is -2.38. The summed E-state index contributed by atoms with van der Waals surface area (Å²) in [5.41, 5.74) is 5.34. The molecule has 2 heterocycles. The van der Waals surface area contributed by atoms with Crippen molar-refractivity contribution in [3.63, 3.8) is 0 Å². The topological polar surface area (TPSA) is 80.9 Å². The van der Waals surface area contributed by atoms with Crippen LogP contribution in [0.5, 0.6) is 11.5 Å². The fourth-order valence-electron chi connectivity index (χ4n) is 5.53. The van der Waals surface area contributed by atoms with Crippen molar-refractivity contribution in [2.45, 2.75) is 77.7 Å². The van der Waals surface area contributed by atoms with Gasteiger partial charge in [-0.15, -0.1) is 0 Å². The van der Waals surface area contributed by atoms with E-state index in [-0.39, 0.29) is 24.7 Å². The van der Waals surface area contributed by atoms with E-state index in [1.165, 1.54) is 16.5 Å². The summed E-state index contributed by atoms with van der Waals surface area (Å²) in [5.74, 6) is 1.84. The van der Waals surface area contributed by atoms with Crippen LogP contribution in [0.25, 0.3) is 22.2 Å². The quantitative estimate of drug-likeness (QED) is 0.321. The smallest absolute Gasteiger partial charge is 0.306 e. The van der Waals surface area contributed by atoms with E-state index in [4.69, 9.17) is 14.2 Å². The Hall–Kier alpha value is -3.48. The summed E-state index contributed by atoms with van der Waals surface area (Å²) < 4.78 is 16.3. The molecule has 1 saturated heterocycles. The summed E-state index contributed by atoms with van der Waals surface area (Å²) in [7, 11) is 3.30. The highest BCUT2D eigenvalue weighted by Gasteiger charge is 2.26. The molecule has 0 bridgehead atoms. The number of methoxy groups -OCH3 is 2. The maximum Gasteiger partial charge on any atom is 0.306 e. The first-order valence-corrected chi connectivity index (χ1v) is 13.9. The van der Waals surface area contributed by atoms with Gasteiger partial charge in [-0.2, -0.15) is 0 Å². The van der Waals surface area contributed by atoms with Gasteiger partial charge >= 0.3 is 5.97 Å². The largest absolute Gasteiger partial charge is 0.493 e. The number of esters is 1. The molecule has 7 nitrogen and oxygen atoms in total. The molecule has 1 aromatic heterocycles. The van der Waals surface area contributed by atoms with Crippen LogP contribution in [0.1, 0.15) is 83.3 Å². The van der Waals surface area contributed by atoms with Crippen LogP contribution in [0, 0.1) is 0 Å². The van der Waals surface area contributed by atoms with Gasteiger partial charge in [0.25, 0.3) is 0 Å². The average Bonchev–Trinajstić information content (AvgIpc) is 3.29. The van der Waals surface area contributed by atoms with Crippen molar-refractivity contribution in [3.8, 4) is 22.8 Å². The van der Waals surface area contributed by atoms with Crippen molar-refractivity contribution in [2.75, 3.05) is 27.3 Å². The number of fused-ring (bicyclic) bond motifs is 1. The van der Waals surface area contributed by atoms with E-state index in [1.807, 2.05) is 37.8 Å². The molecule has 0 unspecified atom stereocenters. The van der Waals surface area contributed by atoms with Crippen molar-refractivity contribution >= 4 is 22.8 Å². The Morgan fingerprint density at radius 2 is 1.67 bits per heavy atom. The Bertz CT molecular complexity index is 1330. The molecule has 2 aromatic carbocycles. The lowest BCUT2D eigenvalue weighted by molar-refractivity contribution is -0.156. The summed E-state index contributed by atoms with van der Waals surface area (Å²) in [6.45, 7) is 11.4. The minimum Gasteiger partial charge on any atom is -0.493 e. The number of carbonyl (C=O) groups excluding carboxylic acids is 2. The average molecular weight is 535 g/mol. The van der Waals surface area contributed by atoms with Crippen LogP contribution in [0.3, 0.4) is 0 Å². The molecule has 1 aliphatic heterocycles. The summed E-state index contributed by atoms with van der Waals surface area (Å²) in [4.78, 5) is 30.3. The van der Waals surface area contributed by atoms with E-state index in [9.17, 15) is 9.59 Å². The van der Waals surface area contributed by atoms with E-state index in [0.29, 0.717) is 36.4 Å². The van der Waals surface area contributed by atoms with E-state index in [1.54, 1.807) is 14.2 Å². The molecule has 0 aliphatic carbocycles. The molecule has 7 heteroatoms. The highest BCUT2D eigenvalue weighted by molar-refractivity contribution is 5.92. The van der Waals surface area contributed by atoms with Crippen LogP contribution in [0.4, 0.5) is 0 Å². The Morgan fingerprint density at radius 1 is 0.974 bits per heavy atom. The minimum atomic E-state index is -0.531. The normalized spacial score (nSPS) is 14.6. The zero-order chi connectivity index (χ0) is 28.3. The summed E-state index contributed by atoms with van der Waals surface area (Å²) in [5, 5.41) is 1.24. The van der Waals surface area contributed by atoms with Crippen LogP contribution >= 0.6 is 0 Å². The molecule has 1 amide bonds. The zero-order valence-electron chi connectivity index (χ0n) is 24.3. The second-order valence-corrected chi connectivity index (χ2v) is 11.7. The first kappa shape index (κ1) is 28.5. The van der Waals surface area contributed by atoms with Gasteiger partial charge < -0.3 is 24.1 Å². The molecule has 0 saturated carbocycles. The third-order valence-corrected chi connectivity index (χ3v) is 7.39. The van der Waals surface area contributed by atoms with E-state index >= 15 is 0 Å². The number of aromatic nitrogens is 1. The molecular formula is C32H42N2O5. The van der Waals surface area contributed by atoms with Gasteiger partial charge in [0.15, 0.2) is 11.5 Å². The van der Waals surface area contributed by atoms with Crippen molar-refractivity contribution in [3.05, 3.63) is 47.5 Å². The molecule has 0 atom stereocenters. The first-order valence-electron chi connectivity index (χ1n) is 13.9. The first-order chi connectivity index (χ1) is 18.5. The van der Waals surface area contributed by atoms with Crippen molar-refractivity contribution in [2.24, 2.45) is 0 Å². The Kier molecular flexibility index (Phi) is 8.57. The second-order valence-electron chi connectivity index (χ2n) is 11.7. The summed E-state index contributed by atoms with van der Waals surface area (Å²) >= 11 is 0. The number of benzene rings is 2. The summed E-state index contributed by atoms with van der Waals surface area (Å²) in [6, 6.07) is 12.7. The number of nitrogens with one attached hydrogen (secondary N) is 1. The predicted molar refractivity (Wildman–Crippen MR) is 155 cm³/mol. The molecular weight excluding hydrogens is 492 g/mol. The molecule has 4 rings (SSSR count). The number of hydrogen-bond acceptors (Lipinski definition) is 5. The van der Waals surface area contributed by atoms with Gasteiger partial charge in [0.05, 0.1) is 26.3 Å². The van der Waals surface area contributed by atoms with E-state index in [2.05, 4.69) is 43.1 Å². The van der Waals surface area contributed by atoms with Gasteiger partial charge in [-0.25, -0.2) is 0 Å². The maximum absolute atomic E-state index is 12.7. The zero-order valence-corrected chi connectivity index (χ0v) is 24.3. The van der Waals surface area contributed by atoms with Gasteiger partial charge in [0.2, 0.25) is 5.91 Å². The number of rotatable bonds is 8. The van der Waals surface area contributed by atoms with Crippen molar-refractivity contribution in [1.82, 2.24) is 9.88 Å². The fourth-order valence-corrected chi connectivity index (χ4v) is 5.53. The Balaban J connectivity index is 1.49. The van der Waals surface area contributed by atoms with E-state index < -0.39 is 5.60 Å². The molecule has 3 aromatic rings. The third kappa shape index (κ3) is 6.57. The van der Waals surface area contributed by atoms with Crippen LogP contribution in [-0.4, -0.2) is 54.7 Å². The third-order valence-electron chi connectivity index (χ3n) is 7.39. The number of piperidine rings is 1. The molecule has 1 N–H and O–H groups in total. The standard InChI is InChI=1S/C32H42N2O5/c1-20(2)30-24-18-22(8-10-25(24)33-31(30)23-9-11-26(37-6)27(19-23)38-7)21-14-16-34(17-15-21)28(35)12-13-29(36)39-32(3,4)5/h8-11,18-21,33H,12-17H2,1-7H3. The fraction of sp³-hybridized carbons (Fsp3) is 0.500. The molecule has 0 spiro atoms. The predicted octanol–water partition coefficient (Wildman–Crippen LogP) is 6.80. The minimum absolute atomic E-state index is 0.0297. The number of aromatic amines is 1. The van der Waals surface area contributed by atoms with Gasteiger partial charge in [-0.05, 0) is 86.9 Å². The molecule has 1 aliphatic rings. The number of likely N-dealkylation sites (tertiary alicyclic amines) is 1. The van der Waals surface area contributed by atoms with Gasteiger partial charge in [-0.1, -0.05) is 19.9 Å². The van der Waals surface area contributed by atoms with Gasteiger partial charge in [0, 0.05) is 36.0 Å². The lowest BCUT2D eigenvalue weighted by atomic mass is 9.87.